The van der Waals surface area contributed by atoms with Gasteiger partial charge in [-0.05, 0) is 19.4 Å². The van der Waals surface area contributed by atoms with Gasteiger partial charge in [0.25, 0.3) is 0 Å². The van der Waals surface area contributed by atoms with E-state index < -0.39 is 0 Å². The summed E-state index contributed by atoms with van der Waals surface area (Å²) < 4.78 is 1.91. The maximum atomic E-state index is 5.69. The van der Waals surface area contributed by atoms with Gasteiger partial charge in [-0.15, -0.1) is 0 Å². The van der Waals surface area contributed by atoms with Crippen LogP contribution in [0.25, 0.3) is 0 Å². The minimum atomic E-state index is 0.292. The molecule has 0 amide bonds. The zero-order valence-corrected chi connectivity index (χ0v) is 8.82. The van der Waals surface area contributed by atoms with Crippen LogP contribution in [0.5, 0.6) is 0 Å². The first-order chi connectivity index (χ1) is 7.35. The number of aryl methyl sites for hydroxylation is 1. The highest BCUT2D eigenvalue weighted by Crippen LogP contribution is 2.20. The van der Waals surface area contributed by atoms with Crippen LogP contribution in [0, 0.1) is 0 Å². The Bertz CT molecular complexity index is 320. The zero-order chi connectivity index (χ0) is 10.7. The molecule has 1 aromatic rings. The Hall–Kier alpha value is -1.14. The van der Waals surface area contributed by atoms with Crippen LogP contribution >= 0.6 is 0 Å². The lowest BCUT2D eigenvalue weighted by molar-refractivity contribution is 0.424. The SMILES string of the molecule is NCCCc1nc2n(n1)C(CN)CCN2. The molecule has 0 fully saturated rings. The Morgan fingerprint density at radius 1 is 1.47 bits per heavy atom. The summed E-state index contributed by atoms with van der Waals surface area (Å²) in [5.41, 5.74) is 11.1. The summed E-state index contributed by atoms with van der Waals surface area (Å²) >= 11 is 0. The van der Waals surface area contributed by atoms with Crippen LogP contribution < -0.4 is 16.8 Å². The quantitative estimate of drug-likeness (QED) is 0.622. The molecule has 1 aromatic heterocycles. The Kier molecular flexibility index (Phi) is 3.17. The number of nitrogens with one attached hydrogen (secondary N) is 1. The average molecular weight is 210 g/mol. The highest BCUT2D eigenvalue weighted by Gasteiger charge is 2.21. The molecule has 2 rings (SSSR count). The van der Waals surface area contributed by atoms with Crippen molar-refractivity contribution < 1.29 is 0 Å². The molecule has 0 bridgehead atoms. The molecule has 2 heterocycles. The predicted molar refractivity (Wildman–Crippen MR) is 58.6 cm³/mol. The molecular formula is C9H18N6. The van der Waals surface area contributed by atoms with Crippen LogP contribution in [0.4, 0.5) is 5.95 Å². The van der Waals surface area contributed by atoms with Crippen molar-refractivity contribution in [3.63, 3.8) is 0 Å². The number of nitrogens with zero attached hydrogens (tertiary/aromatic N) is 3. The zero-order valence-electron chi connectivity index (χ0n) is 8.82. The second-order valence-electron chi connectivity index (χ2n) is 3.79. The van der Waals surface area contributed by atoms with E-state index in [-0.39, 0.29) is 0 Å². The van der Waals surface area contributed by atoms with Crippen molar-refractivity contribution in [3.8, 4) is 0 Å². The van der Waals surface area contributed by atoms with E-state index in [1.54, 1.807) is 0 Å². The standard InChI is InChI=1S/C9H18N6/c10-4-1-2-8-13-9-12-5-3-7(6-11)15(9)14-8/h7H,1-6,10-11H2,(H,12,13,14). The average Bonchev–Trinajstić information content (AvgIpc) is 2.68. The van der Waals surface area contributed by atoms with Crippen molar-refractivity contribution in [3.05, 3.63) is 5.82 Å². The molecule has 15 heavy (non-hydrogen) atoms. The Morgan fingerprint density at radius 2 is 2.33 bits per heavy atom. The first-order valence-electron chi connectivity index (χ1n) is 5.44. The molecular weight excluding hydrogens is 192 g/mol. The molecule has 84 valence electrons. The molecule has 0 saturated heterocycles. The van der Waals surface area contributed by atoms with Crippen LogP contribution in [0.2, 0.25) is 0 Å². The molecule has 0 radical (unpaired) electrons. The second-order valence-corrected chi connectivity index (χ2v) is 3.79. The van der Waals surface area contributed by atoms with Gasteiger partial charge in [0, 0.05) is 19.5 Å². The van der Waals surface area contributed by atoms with Gasteiger partial charge in [-0.2, -0.15) is 10.1 Å². The summed E-state index contributed by atoms with van der Waals surface area (Å²) in [4.78, 5) is 4.42. The van der Waals surface area contributed by atoms with Gasteiger partial charge < -0.3 is 16.8 Å². The minimum absolute atomic E-state index is 0.292. The van der Waals surface area contributed by atoms with Gasteiger partial charge in [0.1, 0.15) is 0 Å². The molecule has 1 unspecified atom stereocenters. The molecule has 1 aliphatic rings. The third-order valence-corrected chi connectivity index (χ3v) is 2.66. The Balaban J connectivity index is 2.14. The van der Waals surface area contributed by atoms with Crippen molar-refractivity contribution in [2.45, 2.75) is 25.3 Å². The number of rotatable bonds is 4. The fourth-order valence-corrected chi connectivity index (χ4v) is 1.80. The van der Waals surface area contributed by atoms with Gasteiger partial charge in [0.15, 0.2) is 5.82 Å². The lowest BCUT2D eigenvalue weighted by Gasteiger charge is -2.22. The molecule has 0 spiro atoms. The highest BCUT2D eigenvalue weighted by molar-refractivity contribution is 5.28. The number of hydrogen-bond donors (Lipinski definition) is 3. The van der Waals surface area contributed by atoms with Crippen LogP contribution in [-0.2, 0) is 6.42 Å². The van der Waals surface area contributed by atoms with Crippen LogP contribution in [-0.4, -0.2) is 34.4 Å². The van der Waals surface area contributed by atoms with Crippen molar-refractivity contribution in [1.29, 1.82) is 0 Å². The predicted octanol–water partition coefficient (Wildman–Crippen LogP) is -0.515. The van der Waals surface area contributed by atoms with E-state index in [4.69, 9.17) is 11.5 Å². The fraction of sp³-hybridized carbons (Fsp3) is 0.778. The fourth-order valence-electron chi connectivity index (χ4n) is 1.80. The summed E-state index contributed by atoms with van der Waals surface area (Å²) in [6.07, 6.45) is 2.79. The Labute approximate surface area is 89.0 Å². The van der Waals surface area contributed by atoms with Crippen molar-refractivity contribution >= 4 is 5.95 Å². The largest absolute Gasteiger partial charge is 0.354 e. The number of fused-ring (bicyclic) bond motifs is 1. The topological polar surface area (TPSA) is 94.8 Å². The van der Waals surface area contributed by atoms with E-state index in [0.29, 0.717) is 19.1 Å². The van der Waals surface area contributed by atoms with Gasteiger partial charge in [0.05, 0.1) is 6.04 Å². The summed E-state index contributed by atoms with van der Waals surface area (Å²) in [6.45, 7) is 2.23. The highest BCUT2D eigenvalue weighted by atomic mass is 15.4. The van der Waals surface area contributed by atoms with Crippen molar-refractivity contribution in [2.24, 2.45) is 11.5 Å². The van der Waals surface area contributed by atoms with E-state index in [0.717, 1.165) is 37.6 Å². The minimum Gasteiger partial charge on any atom is -0.354 e. The summed E-state index contributed by atoms with van der Waals surface area (Å²) in [7, 11) is 0. The number of anilines is 1. The second kappa shape index (κ2) is 4.59. The van der Waals surface area contributed by atoms with Gasteiger partial charge in [-0.3, -0.25) is 0 Å². The van der Waals surface area contributed by atoms with E-state index in [2.05, 4.69) is 15.4 Å². The molecule has 1 aliphatic heterocycles. The third kappa shape index (κ3) is 2.10. The maximum absolute atomic E-state index is 5.69. The van der Waals surface area contributed by atoms with E-state index in [1.807, 2.05) is 4.68 Å². The van der Waals surface area contributed by atoms with Gasteiger partial charge in [0.2, 0.25) is 5.95 Å². The molecule has 0 aliphatic carbocycles. The molecule has 6 nitrogen and oxygen atoms in total. The lowest BCUT2D eigenvalue weighted by Crippen LogP contribution is -2.29. The van der Waals surface area contributed by atoms with E-state index in [9.17, 15) is 0 Å². The van der Waals surface area contributed by atoms with Crippen molar-refractivity contribution in [2.75, 3.05) is 25.0 Å². The van der Waals surface area contributed by atoms with Gasteiger partial charge in [-0.1, -0.05) is 0 Å². The first-order valence-corrected chi connectivity index (χ1v) is 5.44. The third-order valence-electron chi connectivity index (χ3n) is 2.66. The monoisotopic (exact) mass is 210 g/mol. The van der Waals surface area contributed by atoms with Crippen molar-refractivity contribution in [1.82, 2.24) is 14.8 Å². The van der Waals surface area contributed by atoms with Gasteiger partial charge >= 0.3 is 0 Å². The summed E-state index contributed by atoms with van der Waals surface area (Å²) in [6, 6.07) is 0.292. The summed E-state index contributed by atoms with van der Waals surface area (Å²) in [5, 5.41) is 7.67. The van der Waals surface area contributed by atoms with Crippen LogP contribution in [0.15, 0.2) is 0 Å². The van der Waals surface area contributed by atoms with Gasteiger partial charge in [-0.25, -0.2) is 4.68 Å². The van der Waals surface area contributed by atoms with E-state index >= 15 is 0 Å². The normalized spacial score (nSPS) is 19.7. The number of aromatic nitrogens is 3. The molecule has 6 heteroatoms. The van der Waals surface area contributed by atoms with E-state index in [1.165, 1.54) is 0 Å². The number of hydrogen-bond acceptors (Lipinski definition) is 5. The van der Waals surface area contributed by atoms with Crippen LogP contribution in [0.1, 0.15) is 24.7 Å². The maximum Gasteiger partial charge on any atom is 0.221 e. The summed E-state index contributed by atoms with van der Waals surface area (Å²) in [5.74, 6) is 1.71. The molecule has 0 saturated carbocycles. The molecule has 1 atom stereocenters. The number of nitrogens with two attached hydrogens (primary N) is 2. The lowest BCUT2D eigenvalue weighted by atomic mass is 10.2. The molecule has 0 aromatic carbocycles. The first kappa shape index (κ1) is 10.4. The Morgan fingerprint density at radius 3 is 3.07 bits per heavy atom. The smallest absolute Gasteiger partial charge is 0.221 e. The van der Waals surface area contributed by atoms with Crippen LogP contribution in [0.3, 0.4) is 0 Å². The molecule has 5 N–H and O–H groups in total.